The first-order valence-corrected chi connectivity index (χ1v) is 12.0. The Morgan fingerprint density at radius 2 is 1.52 bits per heavy atom. The largest absolute Gasteiger partial charge is 0.494 e. The van der Waals surface area contributed by atoms with E-state index in [4.69, 9.17) is 4.74 Å². The lowest BCUT2D eigenvalue weighted by atomic mass is 10.2. The number of benzene rings is 3. The average molecular weight is 503 g/mol. The fourth-order valence-corrected chi connectivity index (χ4v) is 4.05. The number of hydrogen-bond donors (Lipinski definition) is 2. The molecular formula is C23H23BrN2O4S. The third-order valence-corrected chi connectivity index (χ3v) is 6.31. The molecule has 0 atom stereocenters. The van der Waals surface area contributed by atoms with E-state index >= 15 is 0 Å². The van der Waals surface area contributed by atoms with Crippen LogP contribution in [0, 0.1) is 6.92 Å². The van der Waals surface area contributed by atoms with Crippen LogP contribution in [-0.2, 0) is 14.8 Å². The number of amides is 1. The highest BCUT2D eigenvalue weighted by atomic mass is 79.9. The topological polar surface area (TPSA) is 84.5 Å². The number of halogens is 1. The van der Waals surface area contributed by atoms with Gasteiger partial charge in [-0.15, -0.1) is 0 Å². The zero-order valence-corrected chi connectivity index (χ0v) is 19.4. The van der Waals surface area contributed by atoms with Gasteiger partial charge in [-0.1, -0.05) is 33.6 Å². The molecule has 0 saturated carbocycles. The molecule has 8 heteroatoms. The van der Waals surface area contributed by atoms with E-state index in [2.05, 4.69) is 26.0 Å². The molecule has 0 saturated heterocycles. The van der Waals surface area contributed by atoms with Crippen LogP contribution in [0.25, 0.3) is 0 Å². The second-order valence-electron chi connectivity index (χ2n) is 6.95. The van der Waals surface area contributed by atoms with Crippen LogP contribution in [0.15, 0.2) is 82.2 Å². The molecule has 0 bridgehead atoms. The molecule has 6 nitrogen and oxygen atoms in total. The number of nitrogens with one attached hydrogen (secondary N) is 2. The first-order valence-electron chi connectivity index (χ1n) is 9.70. The first kappa shape index (κ1) is 22.8. The molecule has 0 aliphatic carbocycles. The molecule has 0 aromatic heterocycles. The van der Waals surface area contributed by atoms with Gasteiger partial charge in [0.2, 0.25) is 5.91 Å². The van der Waals surface area contributed by atoms with Crippen molar-refractivity contribution >= 4 is 43.2 Å². The zero-order valence-electron chi connectivity index (χ0n) is 17.0. The quantitative estimate of drug-likeness (QED) is 0.386. The minimum Gasteiger partial charge on any atom is -0.494 e. The molecule has 1 amide bonds. The second-order valence-corrected chi connectivity index (χ2v) is 9.55. The number of carbonyl (C=O) groups is 1. The summed E-state index contributed by atoms with van der Waals surface area (Å²) in [6.45, 7) is 2.45. The molecule has 0 aliphatic heterocycles. The highest BCUT2D eigenvalue weighted by Crippen LogP contribution is 2.20. The van der Waals surface area contributed by atoms with Crippen molar-refractivity contribution in [1.82, 2.24) is 0 Å². The van der Waals surface area contributed by atoms with Crippen molar-refractivity contribution in [2.75, 3.05) is 16.6 Å². The number of carbonyl (C=O) groups excluding carboxylic acids is 1. The van der Waals surface area contributed by atoms with Crippen molar-refractivity contribution in [1.29, 1.82) is 0 Å². The van der Waals surface area contributed by atoms with Crippen molar-refractivity contribution in [3.05, 3.63) is 82.8 Å². The normalized spacial score (nSPS) is 11.0. The summed E-state index contributed by atoms with van der Waals surface area (Å²) in [6, 6.07) is 20.6. The van der Waals surface area contributed by atoms with Crippen molar-refractivity contribution < 1.29 is 17.9 Å². The summed E-state index contributed by atoms with van der Waals surface area (Å²) in [5.41, 5.74) is 2.16. The summed E-state index contributed by atoms with van der Waals surface area (Å²) in [6.07, 6.45) is 0.875. The van der Waals surface area contributed by atoms with E-state index in [9.17, 15) is 13.2 Å². The van der Waals surface area contributed by atoms with Gasteiger partial charge in [0.05, 0.1) is 11.5 Å². The van der Waals surface area contributed by atoms with Gasteiger partial charge in [0.25, 0.3) is 10.0 Å². The molecule has 0 aliphatic rings. The Morgan fingerprint density at radius 1 is 0.903 bits per heavy atom. The molecule has 0 fully saturated rings. The van der Waals surface area contributed by atoms with Gasteiger partial charge in [0, 0.05) is 22.3 Å². The van der Waals surface area contributed by atoms with E-state index in [0.717, 1.165) is 15.8 Å². The Labute approximate surface area is 190 Å². The number of sulfonamides is 1. The molecule has 2 N–H and O–H groups in total. The lowest BCUT2D eigenvalue weighted by Gasteiger charge is -2.10. The molecule has 3 aromatic rings. The lowest BCUT2D eigenvalue weighted by Crippen LogP contribution is -2.14. The Hall–Kier alpha value is -2.84. The SMILES string of the molecule is Cc1ccc(OCCCC(=O)Nc2ccc(S(=O)(=O)Nc3ccc(Br)cc3)cc2)cc1. The summed E-state index contributed by atoms with van der Waals surface area (Å²) in [7, 11) is -3.71. The highest BCUT2D eigenvalue weighted by molar-refractivity contribution is 9.10. The van der Waals surface area contributed by atoms with Crippen LogP contribution in [0.4, 0.5) is 11.4 Å². The number of anilines is 2. The van der Waals surface area contributed by atoms with Crippen LogP contribution in [0.2, 0.25) is 0 Å². The van der Waals surface area contributed by atoms with Gasteiger partial charge in [-0.2, -0.15) is 0 Å². The monoisotopic (exact) mass is 502 g/mol. The minimum atomic E-state index is -3.71. The van der Waals surface area contributed by atoms with E-state index in [1.807, 2.05) is 31.2 Å². The average Bonchev–Trinajstić information content (AvgIpc) is 2.74. The predicted octanol–water partition coefficient (Wildman–Crippen LogP) is 5.36. The molecule has 31 heavy (non-hydrogen) atoms. The molecule has 0 spiro atoms. The summed E-state index contributed by atoms with van der Waals surface area (Å²) < 4.78 is 34.0. The molecule has 0 unspecified atom stereocenters. The van der Waals surface area contributed by atoms with Crippen molar-refractivity contribution in [3.8, 4) is 5.75 Å². The minimum absolute atomic E-state index is 0.111. The molecule has 3 aromatic carbocycles. The maximum absolute atomic E-state index is 12.5. The summed E-state index contributed by atoms with van der Waals surface area (Å²) in [5.74, 6) is 0.621. The van der Waals surface area contributed by atoms with Crippen LogP contribution >= 0.6 is 15.9 Å². The third-order valence-electron chi connectivity index (χ3n) is 4.38. The highest BCUT2D eigenvalue weighted by Gasteiger charge is 2.14. The second kappa shape index (κ2) is 10.5. The van der Waals surface area contributed by atoms with Crippen LogP contribution in [0.3, 0.4) is 0 Å². The van der Waals surface area contributed by atoms with Crippen molar-refractivity contribution in [2.45, 2.75) is 24.7 Å². The number of hydrogen-bond acceptors (Lipinski definition) is 4. The fourth-order valence-electron chi connectivity index (χ4n) is 2.73. The fraction of sp³-hybridized carbons (Fsp3) is 0.174. The molecule has 3 rings (SSSR count). The van der Waals surface area contributed by atoms with Gasteiger partial charge in [-0.3, -0.25) is 9.52 Å². The van der Waals surface area contributed by atoms with Gasteiger partial charge in [-0.25, -0.2) is 8.42 Å². The van der Waals surface area contributed by atoms with Crippen LogP contribution in [-0.4, -0.2) is 20.9 Å². The smallest absolute Gasteiger partial charge is 0.261 e. The third kappa shape index (κ3) is 7.11. The Balaban J connectivity index is 1.47. The molecular weight excluding hydrogens is 480 g/mol. The van der Waals surface area contributed by atoms with Gasteiger partial charge in [0.1, 0.15) is 5.75 Å². The summed E-state index contributed by atoms with van der Waals surface area (Å²) >= 11 is 3.31. The summed E-state index contributed by atoms with van der Waals surface area (Å²) in [5, 5.41) is 2.77. The first-order chi connectivity index (χ1) is 14.8. The maximum Gasteiger partial charge on any atom is 0.261 e. The molecule has 0 heterocycles. The van der Waals surface area contributed by atoms with E-state index in [0.29, 0.717) is 30.8 Å². The van der Waals surface area contributed by atoms with Gasteiger partial charge >= 0.3 is 0 Å². The molecule has 0 radical (unpaired) electrons. The lowest BCUT2D eigenvalue weighted by molar-refractivity contribution is -0.116. The van der Waals surface area contributed by atoms with Crippen LogP contribution < -0.4 is 14.8 Å². The van der Waals surface area contributed by atoms with Gasteiger partial charge in [0.15, 0.2) is 0 Å². The van der Waals surface area contributed by atoms with Crippen molar-refractivity contribution in [3.63, 3.8) is 0 Å². The number of ether oxygens (including phenoxy) is 1. The van der Waals surface area contributed by atoms with Crippen LogP contribution in [0.1, 0.15) is 18.4 Å². The Kier molecular flexibility index (Phi) is 7.70. The summed E-state index contributed by atoms with van der Waals surface area (Å²) in [4.78, 5) is 12.2. The van der Waals surface area contributed by atoms with Gasteiger partial charge in [-0.05, 0) is 74.0 Å². The zero-order chi connectivity index (χ0) is 22.3. The van der Waals surface area contributed by atoms with E-state index in [1.165, 1.54) is 12.1 Å². The molecule has 162 valence electrons. The van der Waals surface area contributed by atoms with Gasteiger partial charge < -0.3 is 10.1 Å². The Morgan fingerprint density at radius 3 is 2.16 bits per heavy atom. The van der Waals surface area contributed by atoms with E-state index < -0.39 is 10.0 Å². The number of aryl methyl sites for hydroxylation is 1. The van der Waals surface area contributed by atoms with E-state index in [-0.39, 0.29) is 10.8 Å². The van der Waals surface area contributed by atoms with Crippen LogP contribution in [0.5, 0.6) is 5.75 Å². The van der Waals surface area contributed by atoms with Crippen molar-refractivity contribution in [2.24, 2.45) is 0 Å². The Bertz CT molecular complexity index is 1110. The predicted molar refractivity (Wildman–Crippen MR) is 126 cm³/mol. The maximum atomic E-state index is 12.5. The number of rotatable bonds is 9. The van der Waals surface area contributed by atoms with E-state index in [1.54, 1.807) is 36.4 Å². The standard InChI is InChI=1S/C23H23BrN2O4S/c1-17-4-12-21(13-5-17)30-16-2-3-23(27)25-19-10-14-22(15-11-19)31(28,29)26-20-8-6-18(24)7-9-20/h4-15,26H,2-3,16H2,1H3,(H,25,27).